The summed E-state index contributed by atoms with van der Waals surface area (Å²) in [7, 11) is 1.66. The van der Waals surface area contributed by atoms with Gasteiger partial charge in [-0.1, -0.05) is 91.7 Å². The van der Waals surface area contributed by atoms with Crippen LogP contribution in [0.3, 0.4) is 0 Å². The molecule has 1 aliphatic rings. The molecule has 5 rings (SSSR count). The van der Waals surface area contributed by atoms with Gasteiger partial charge in [-0.25, -0.2) is 4.98 Å². The second-order valence-electron chi connectivity index (χ2n) is 11.5. The molecule has 0 amide bonds. The molecule has 3 aromatic carbocycles. The Morgan fingerprint density at radius 1 is 0.915 bits per heavy atom. The summed E-state index contributed by atoms with van der Waals surface area (Å²) < 4.78 is 29.1. The highest BCUT2D eigenvalue weighted by Crippen LogP contribution is 2.33. The molecular formula is C39H46N2O6. The third-order valence-electron chi connectivity index (χ3n) is 7.87. The van der Waals surface area contributed by atoms with E-state index in [4.69, 9.17) is 23.7 Å². The number of pyridine rings is 1. The van der Waals surface area contributed by atoms with Gasteiger partial charge < -0.3 is 34.1 Å². The number of aliphatic hydroxyl groups excluding tert-OH is 1. The number of methoxy groups -OCH3 is 1. The van der Waals surface area contributed by atoms with E-state index < -0.39 is 12.4 Å². The monoisotopic (exact) mass is 638 g/mol. The average Bonchev–Trinajstić information content (AvgIpc) is 3.13. The molecule has 0 aliphatic carbocycles. The molecule has 2 N–H and O–H groups in total. The molecule has 0 radical (unpaired) electrons. The Labute approximate surface area is 278 Å². The molecule has 0 spiro atoms. The smallest absolute Gasteiger partial charge is 0.227 e. The van der Waals surface area contributed by atoms with Crippen LogP contribution in [0.15, 0.2) is 97.1 Å². The molecule has 0 saturated carbocycles. The van der Waals surface area contributed by atoms with E-state index in [1.165, 1.54) is 0 Å². The molecule has 2 atom stereocenters. The third-order valence-corrected chi connectivity index (χ3v) is 7.87. The molecule has 47 heavy (non-hydrogen) atoms. The lowest BCUT2D eigenvalue weighted by atomic mass is 10.1. The van der Waals surface area contributed by atoms with Gasteiger partial charge in [0, 0.05) is 18.7 Å². The van der Waals surface area contributed by atoms with Crippen LogP contribution in [-0.2, 0) is 22.7 Å². The van der Waals surface area contributed by atoms with Gasteiger partial charge in [-0.3, -0.25) is 0 Å². The number of nitrogens with zero attached hydrogens (tertiary/aromatic N) is 1. The maximum atomic E-state index is 10.6. The van der Waals surface area contributed by atoms with E-state index in [1.807, 2.05) is 91.0 Å². The summed E-state index contributed by atoms with van der Waals surface area (Å²) in [5.74, 6) is 2.15. The SMILES string of the molecule is COc1cc(C=CCCOCCCCCCNCC(O)c2ccc3c(n2)COC(c2ccccc2)O3)ccc1OCc1ccccc1. The quantitative estimate of drug-likeness (QED) is 0.102. The average molecular weight is 639 g/mol. The number of benzene rings is 3. The van der Waals surface area contributed by atoms with Crippen molar-refractivity contribution in [2.75, 3.05) is 33.4 Å². The minimum absolute atomic E-state index is 0.347. The van der Waals surface area contributed by atoms with Crippen LogP contribution in [0, 0.1) is 0 Å². The van der Waals surface area contributed by atoms with Gasteiger partial charge in [0.2, 0.25) is 6.29 Å². The van der Waals surface area contributed by atoms with Crippen molar-refractivity contribution < 1.29 is 28.8 Å². The summed E-state index contributed by atoms with van der Waals surface area (Å²) in [6.07, 6.45) is 8.28. The highest BCUT2D eigenvalue weighted by atomic mass is 16.7. The number of hydrogen-bond donors (Lipinski definition) is 2. The second-order valence-corrected chi connectivity index (χ2v) is 11.5. The van der Waals surface area contributed by atoms with Gasteiger partial charge in [0.15, 0.2) is 11.5 Å². The number of hydrogen-bond acceptors (Lipinski definition) is 8. The molecule has 8 heteroatoms. The van der Waals surface area contributed by atoms with E-state index in [-0.39, 0.29) is 0 Å². The number of unbranched alkanes of at least 4 members (excludes halogenated alkanes) is 3. The summed E-state index contributed by atoms with van der Waals surface area (Å²) in [6.45, 7) is 3.63. The molecule has 8 nitrogen and oxygen atoms in total. The molecule has 1 aromatic heterocycles. The molecule has 2 heterocycles. The summed E-state index contributed by atoms with van der Waals surface area (Å²) in [5.41, 5.74) is 4.48. The van der Waals surface area contributed by atoms with Crippen LogP contribution in [0.5, 0.6) is 17.2 Å². The fraction of sp³-hybridized carbons (Fsp3) is 0.359. The van der Waals surface area contributed by atoms with Crippen LogP contribution >= 0.6 is 0 Å². The highest BCUT2D eigenvalue weighted by molar-refractivity contribution is 5.55. The number of nitrogens with one attached hydrogen (secondary N) is 1. The van der Waals surface area contributed by atoms with E-state index in [2.05, 4.69) is 22.5 Å². The molecule has 4 aromatic rings. The number of aromatic nitrogens is 1. The Kier molecular flexibility index (Phi) is 13.7. The Morgan fingerprint density at radius 2 is 1.72 bits per heavy atom. The summed E-state index contributed by atoms with van der Waals surface area (Å²) >= 11 is 0. The van der Waals surface area contributed by atoms with Crippen LogP contribution in [0.1, 0.15) is 72.6 Å². The van der Waals surface area contributed by atoms with Gasteiger partial charge in [-0.15, -0.1) is 0 Å². The van der Waals surface area contributed by atoms with E-state index in [0.29, 0.717) is 43.5 Å². The Bertz CT molecular complexity index is 1510. The van der Waals surface area contributed by atoms with Crippen molar-refractivity contribution in [1.82, 2.24) is 10.3 Å². The minimum Gasteiger partial charge on any atom is -0.493 e. The third kappa shape index (κ3) is 10.9. The fourth-order valence-electron chi connectivity index (χ4n) is 5.25. The van der Waals surface area contributed by atoms with E-state index in [9.17, 15) is 5.11 Å². The second kappa shape index (κ2) is 18.8. The van der Waals surface area contributed by atoms with E-state index >= 15 is 0 Å². The predicted octanol–water partition coefficient (Wildman–Crippen LogP) is 7.58. The lowest BCUT2D eigenvalue weighted by Gasteiger charge is -2.26. The normalized spacial score (nSPS) is 14.8. The Balaban J connectivity index is 0.879. The predicted molar refractivity (Wildman–Crippen MR) is 183 cm³/mol. The molecule has 2 unspecified atom stereocenters. The van der Waals surface area contributed by atoms with Crippen molar-refractivity contribution in [3.05, 3.63) is 125 Å². The minimum atomic E-state index is -0.685. The lowest BCUT2D eigenvalue weighted by molar-refractivity contribution is -0.113. The first-order chi connectivity index (χ1) is 23.2. The van der Waals surface area contributed by atoms with Gasteiger partial charge in [-0.05, 0) is 61.2 Å². The molecule has 0 bridgehead atoms. The molecule has 0 fully saturated rings. The van der Waals surface area contributed by atoms with Crippen LogP contribution in [0.25, 0.3) is 6.08 Å². The number of rotatable bonds is 19. The molecule has 0 saturated heterocycles. The van der Waals surface area contributed by atoms with Crippen LogP contribution < -0.4 is 19.5 Å². The van der Waals surface area contributed by atoms with Crippen molar-refractivity contribution in [2.45, 2.75) is 57.7 Å². The zero-order chi connectivity index (χ0) is 32.5. The maximum Gasteiger partial charge on any atom is 0.227 e. The number of ether oxygens (including phenoxy) is 5. The van der Waals surface area contributed by atoms with Crippen molar-refractivity contribution >= 4 is 6.08 Å². The first-order valence-electron chi connectivity index (χ1n) is 16.5. The van der Waals surface area contributed by atoms with Crippen molar-refractivity contribution in [1.29, 1.82) is 0 Å². The lowest BCUT2D eigenvalue weighted by Crippen LogP contribution is -2.24. The zero-order valence-electron chi connectivity index (χ0n) is 27.2. The van der Waals surface area contributed by atoms with Gasteiger partial charge in [0.05, 0.1) is 26.0 Å². The summed E-state index contributed by atoms with van der Waals surface area (Å²) in [5, 5.41) is 14.0. The van der Waals surface area contributed by atoms with E-state index in [1.54, 1.807) is 7.11 Å². The standard InChI is InChI=1S/C39H46N2O6/c1-43-38-26-30(19-21-37(38)45-28-31-15-6-4-7-16-31)14-10-13-25-44-24-12-3-2-11-23-40-27-35(42)33-20-22-36-34(41-33)29-46-39(47-36)32-17-8-5-9-18-32/h4-10,14-22,26,35,39-40,42H,2-3,11-13,23-25,27-29H2,1H3. The van der Waals surface area contributed by atoms with Crippen LogP contribution in [0.4, 0.5) is 0 Å². The Morgan fingerprint density at radius 3 is 2.55 bits per heavy atom. The molecular weight excluding hydrogens is 592 g/mol. The molecule has 1 aliphatic heterocycles. The fourth-order valence-corrected chi connectivity index (χ4v) is 5.25. The van der Waals surface area contributed by atoms with Gasteiger partial charge in [0.1, 0.15) is 24.2 Å². The van der Waals surface area contributed by atoms with E-state index in [0.717, 1.165) is 73.4 Å². The topological polar surface area (TPSA) is 91.3 Å². The maximum absolute atomic E-state index is 10.6. The molecule has 248 valence electrons. The van der Waals surface area contributed by atoms with Gasteiger partial charge >= 0.3 is 0 Å². The highest BCUT2D eigenvalue weighted by Gasteiger charge is 2.24. The largest absolute Gasteiger partial charge is 0.493 e. The van der Waals surface area contributed by atoms with Crippen LogP contribution in [-0.4, -0.2) is 43.5 Å². The van der Waals surface area contributed by atoms with Crippen LogP contribution in [0.2, 0.25) is 0 Å². The van der Waals surface area contributed by atoms with Gasteiger partial charge in [-0.2, -0.15) is 0 Å². The summed E-state index contributed by atoms with van der Waals surface area (Å²) in [6, 6.07) is 29.6. The number of aliphatic hydroxyl groups is 1. The van der Waals surface area contributed by atoms with Crippen molar-refractivity contribution in [3.8, 4) is 17.2 Å². The first kappa shape index (κ1) is 34.1. The number of fused-ring (bicyclic) bond motifs is 1. The first-order valence-corrected chi connectivity index (χ1v) is 16.5. The van der Waals surface area contributed by atoms with Crippen molar-refractivity contribution in [2.24, 2.45) is 0 Å². The Hall–Kier alpha value is -4.21. The van der Waals surface area contributed by atoms with Crippen molar-refractivity contribution in [3.63, 3.8) is 0 Å². The van der Waals surface area contributed by atoms with Gasteiger partial charge in [0.25, 0.3) is 0 Å². The summed E-state index contributed by atoms with van der Waals surface area (Å²) in [4.78, 5) is 4.59. The zero-order valence-corrected chi connectivity index (χ0v) is 27.2.